The molecule has 4 nitrogen and oxygen atoms in total. The van der Waals surface area contributed by atoms with Crippen molar-refractivity contribution in [1.29, 1.82) is 0 Å². The van der Waals surface area contributed by atoms with Crippen LogP contribution in [0.25, 0.3) is 22.1 Å². The Morgan fingerprint density at radius 1 is 0.762 bits per heavy atom. The molecule has 0 aliphatic rings. The molecule has 0 saturated heterocycles. The molecule has 21 heavy (non-hydrogen) atoms. The van der Waals surface area contributed by atoms with E-state index >= 15 is 0 Å². The fourth-order valence-corrected chi connectivity index (χ4v) is 0. The molecule has 5 heteroatoms. The second-order valence-corrected chi connectivity index (χ2v) is 5.37. The zero-order valence-corrected chi connectivity index (χ0v) is 17.7. The molecule has 0 amide bonds. The van der Waals surface area contributed by atoms with E-state index in [4.69, 9.17) is 11.5 Å². The zero-order chi connectivity index (χ0) is 17.8. The average molecular weight is 335 g/mol. The average Bonchev–Trinajstić information content (AvgIpc) is 2.33. The fraction of sp³-hybridized carbons (Fsp3) is 0.875. The molecule has 0 radical (unpaired) electrons. The van der Waals surface area contributed by atoms with Crippen molar-refractivity contribution in [3.05, 3.63) is 35.3 Å². The Balaban J connectivity index is -0.0000000353. The van der Waals surface area contributed by atoms with Gasteiger partial charge in [0.25, 0.3) is 0 Å². The van der Waals surface area contributed by atoms with E-state index in [2.05, 4.69) is 23.8 Å². The maximum absolute atomic E-state index is 7.18. The van der Waals surface area contributed by atoms with Gasteiger partial charge in [0, 0.05) is 21.7 Å². The van der Waals surface area contributed by atoms with Gasteiger partial charge in [0.2, 0.25) is 0 Å². The van der Waals surface area contributed by atoms with Crippen LogP contribution in [0.5, 0.6) is 0 Å². The first-order valence-corrected chi connectivity index (χ1v) is 6.82. The molecule has 0 unspecified atom stereocenters. The van der Waals surface area contributed by atoms with Crippen LogP contribution in [-0.2, 0) is 21.7 Å². The molecule has 0 atom stereocenters. The zero-order valence-electron chi connectivity index (χ0n) is 16.1. The third kappa shape index (κ3) is 171. The summed E-state index contributed by atoms with van der Waals surface area (Å²) in [5, 5.41) is 7.00. The Bertz CT molecular complexity index is 124. The summed E-state index contributed by atoms with van der Waals surface area (Å²) >= 11 is 0. The van der Waals surface area contributed by atoms with Gasteiger partial charge in [0.1, 0.15) is 0 Å². The van der Waals surface area contributed by atoms with E-state index in [0.29, 0.717) is 0 Å². The predicted octanol–water partition coefficient (Wildman–Crippen LogP) is 6.30. The van der Waals surface area contributed by atoms with Gasteiger partial charge in [-0.05, 0) is 0 Å². The number of nitrogens with one attached hydrogen (secondary N) is 2. The van der Waals surface area contributed by atoms with E-state index in [1.54, 1.807) is 28.2 Å². The summed E-state index contributed by atoms with van der Waals surface area (Å²) in [6.45, 7) is 18.7. The Morgan fingerprint density at radius 3 is 0.810 bits per heavy atom. The molecular weight excluding hydrogens is 296 g/mol. The molecule has 0 fully saturated rings. The smallest absolute Gasteiger partial charge is 0 e. The molecule has 0 aliphatic carbocycles. The number of nitrogens with zero attached hydrogens (tertiary/aromatic N) is 2. The summed E-state index contributed by atoms with van der Waals surface area (Å²) in [6, 6.07) is 0. The molecule has 0 aromatic carbocycles. The van der Waals surface area contributed by atoms with Crippen LogP contribution in [0, 0.1) is 6.58 Å². The molecule has 0 saturated carbocycles. The van der Waals surface area contributed by atoms with Gasteiger partial charge in [-0.2, -0.15) is 28.2 Å². The molecule has 0 spiro atoms. The van der Waals surface area contributed by atoms with Gasteiger partial charge in [-0.15, -0.1) is 11.1 Å². The van der Waals surface area contributed by atoms with E-state index in [0.717, 1.165) is 12.8 Å². The van der Waals surface area contributed by atoms with Crippen LogP contribution in [0.2, 0.25) is 0 Å². The largest absolute Gasteiger partial charge is 0.672 e. The summed E-state index contributed by atoms with van der Waals surface area (Å²) in [5.41, 5.74) is 13.9. The molecule has 0 heterocycles. The molecular formula is C16H39N4Ti-5. The van der Waals surface area contributed by atoms with Crippen molar-refractivity contribution < 1.29 is 21.7 Å². The predicted molar refractivity (Wildman–Crippen MR) is 97.7 cm³/mol. The van der Waals surface area contributed by atoms with Crippen LogP contribution in [0.1, 0.15) is 54.4 Å². The van der Waals surface area contributed by atoms with Gasteiger partial charge in [-0.3, -0.25) is 6.58 Å². The van der Waals surface area contributed by atoms with E-state index in [1.807, 2.05) is 41.5 Å². The van der Waals surface area contributed by atoms with Crippen molar-refractivity contribution in [2.45, 2.75) is 65.5 Å². The normalized spacial score (nSPS) is 8.76. The Kier molecular flexibility index (Phi) is 50.8. The number of hydrogen-bond acceptors (Lipinski definition) is 0. The third-order valence-corrected chi connectivity index (χ3v) is 1.77. The quantitative estimate of drug-likeness (QED) is 0.419. The van der Waals surface area contributed by atoms with Gasteiger partial charge in [-0.1, -0.05) is 54.4 Å². The molecule has 0 rings (SSSR count). The van der Waals surface area contributed by atoms with Gasteiger partial charge in [0.05, 0.1) is 0 Å². The van der Waals surface area contributed by atoms with Crippen LogP contribution in [-0.4, -0.2) is 39.3 Å². The van der Waals surface area contributed by atoms with E-state index in [1.165, 1.54) is 0 Å². The van der Waals surface area contributed by atoms with E-state index in [-0.39, 0.29) is 32.8 Å². The van der Waals surface area contributed by atoms with Crippen LogP contribution < -0.4 is 0 Å². The Labute approximate surface area is 150 Å². The minimum Gasteiger partial charge on any atom is -0.672 e. The van der Waals surface area contributed by atoms with Crippen molar-refractivity contribution in [3.8, 4) is 0 Å². The van der Waals surface area contributed by atoms with Gasteiger partial charge in [-0.25, -0.2) is 0 Å². The van der Waals surface area contributed by atoms with Gasteiger partial charge >= 0.3 is 0 Å². The van der Waals surface area contributed by atoms with Gasteiger partial charge < -0.3 is 28.7 Å². The van der Waals surface area contributed by atoms with Crippen LogP contribution in [0.4, 0.5) is 0 Å². The molecule has 0 aromatic rings. The van der Waals surface area contributed by atoms with E-state index < -0.39 is 0 Å². The van der Waals surface area contributed by atoms with Crippen molar-refractivity contribution in [1.82, 2.24) is 0 Å². The minimum absolute atomic E-state index is 0. The van der Waals surface area contributed by atoms with Crippen LogP contribution in [0.3, 0.4) is 0 Å². The summed E-state index contributed by atoms with van der Waals surface area (Å²) in [4.78, 5) is 0. The second kappa shape index (κ2) is 28.5. The summed E-state index contributed by atoms with van der Waals surface area (Å²) in [7, 11) is 7.00. The number of hydrogen-bond donors (Lipinski definition) is 0. The molecule has 132 valence electrons. The molecule has 2 N–H and O–H groups in total. The first-order chi connectivity index (χ1) is 8.95. The molecule has 0 aliphatic heterocycles. The first-order valence-electron chi connectivity index (χ1n) is 6.82. The standard InChI is InChI=1S/2C5H12N.2C2H6N.C2H3.Ti/c2*1-4-5(2,3)6;2*1-3-2;1-2;/h2*6H,4H2,1-3H3;2*1-2H3;1H,2H2;/q5*-1;. The maximum Gasteiger partial charge on any atom is 0 e. The SMILES string of the molecule is CCC(C)(C)[NH-].CCC(C)(C)[NH-].C[N-]C.C[N-]C.[CH-]=C.[Ti]. The van der Waals surface area contributed by atoms with Gasteiger partial charge in [0.15, 0.2) is 0 Å². The maximum atomic E-state index is 7.18. The van der Waals surface area contributed by atoms with Crippen molar-refractivity contribution in [2.75, 3.05) is 28.2 Å². The summed E-state index contributed by atoms with van der Waals surface area (Å²) in [6.07, 6.45) is 1.88. The Hall–Kier alpha value is 0.294. The van der Waals surface area contributed by atoms with Crippen LogP contribution >= 0.6 is 0 Å². The fourth-order valence-electron chi connectivity index (χ4n) is 0. The topological polar surface area (TPSA) is 75.8 Å². The molecule has 0 bridgehead atoms. The van der Waals surface area contributed by atoms with Crippen LogP contribution in [0.15, 0.2) is 6.58 Å². The van der Waals surface area contributed by atoms with Crippen molar-refractivity contribution >= 4 is 0 Å². The minimum atomic E-state index is -0.208. The second-order valence-electron chi connectivity index (χ2n) is 5.37. The van der Waals surface area contributed by atoms with Crippen molar-refractivity contribution in [3.63, 3.8) is 0 Å². The molecule has 0 aromatic heterocycles. The summed E-state index contributed by atoms with van der Waals surface area (Å²) < 4.78 is 0. The van der Waals surface area contributed by atoms with E-state index in [9.17, 15) is 0 Å². The van der Waals surface area contributed by atoms with Crippen molar-refractivity contribution in [2.24, 2.45) is 0 Å². The monoisotopic (exact) mass is 335 g/mol. The summed E-state index contributed by atoms with van der Waals surface area (Å²) in [5.74, 6) is 0. The third-order valence-electron chi connectivity index (χ3n) is 1.77. The Morgan fingerprint density at radius 2 is 0.810 bits per heavy atom. The number of rotatable bonds is 2. The first kappa shape index (κ1) is 37.5.